The van der Waals surface area contributed by atoms with Crippen LogP contribution in [0.4, 0.5) is 17.1 Å². The van der Waals surface area contributed by atoms with E-state index in [9.17, 15) is 0 Å². The first-order chi connectivity index (χ1) is 24.1. The predicted octanol–water partition coefficient (Wildman–Crippen LogP) is 13.3. The molecule has 0 saturated carbocycles. The van der Waals surface area contributed by atoms with Gasteiger partial charge in [-0.3, -0.25) is 0 Å². The maximum Gasteiger partial charge on any atom is 0.159 e. The Morgan fingerprint density at radius 3 is 2.08 bits per heavy atom. The molecule has 1 aliphatic rings. The number of hydrogen-bond acceptors (Lipinski definition) is 3. The molecule has 2 heterocycles. The summed E-state index contributed by atoms with van der Waals surface area (Å²) in [5.41, 5.74) is 14.3. The summed E-state index contributed by atoms with van der Waals surface area (Å²) >= 11 is 0. The van der Waals surface area contributed by atoms with Crippen LogP contribution in [0, 0.1) is 0 Å². The topological polar surface area (TPSA) is 29.5 Å². The van der Waals surface area contributed by atoms with Gasteiger partial charge in [0.15, 0.2) is 5.58 Å². The molecule has 1 aliphatic carbocycles. The third kappa shape index (κ3) is 4.02. The van der Waals surface area contributed by atoms with Gasteiger partial charge in [0.25, 0.3) is 0 Å². The van der Waals surface area contributed by atoms with Crippen molar-refractivity contribution in [2.75, 3.05) is 4.90 Å². The molecule has 10 rings (SSSR count). The van der Waals surface area contributed by atoms with Crippen LogP contribution in [0.3, 0.4) is 0 Å². The van der Waals surface area contributed by atoms with E-state index in [4.69, 9.17) is 8.83 Å². The highest BCUT2D eigenvalue weighted by molar-refractivity contribution is 6.15. The molecular formula is C46H33NO2. The van der Waals surface area contributed by atoms with Gasteiger partial charge in [0.05, 0.1) is 5.69 Å². The number of para-hydroxylation sites is 2. The van der Waals surface area contributed by atoms with E-state index in [1.54, 1.807) is 0 Å². The highest BCUT2D eigenvalue weighted by Gasteiger charge is 2.40. The zero-order valence-electron chi connectivity index (χ0n) is 27.4. The standard InChI is InChI=1S/C46H33NO2/c1-3-46(2)38-17-9-7-14-33(38)35-25-27-42-43(44(35)46)36-16-11-18-39(45(36)49-42)47(31-22-20-30(21-23-31)29-12-5-4-6-13-29)32-24-26-41-37(28-32)34-15-8-10-19-40(34)48-41/h4-28H,3H2,1-2H3. The minimum Gasteiger partial charge on any atom is -0.456 e. The van der Waals surface area contributed by atoms with Gasteiger partial charge < -0.3 is 13.7 Å². The molecular weight excluding hydrogens is 599 g/mol. The Kier molecular flexibility index (Phi) is 5.98. The molecule has 0 bridgehead atoms. The number of nitrogens with zero attached hydrogens (tertiary/aromatic N) is 1. The van der Waals surface area contributed by atoms with E-state index >= 15 is 0 Å². The number of anilines is 3. The average Bonchev–Trinajstić information content (AvgIpc) is 3.81. The maximum atomic E-state index is 6.95. The summed E-state index contributed by atoms with van der Waals surface area (Å²) < 4.78 is 13.2. The largest absolute Gasteiger partial charge is 0.456 e. The number of benzene rings is 7. The lowest BCUT2D eigenvalue weighted by Gasteiger charge is -2.26. The van der Waals surface area contributed by atoms with Gasteiger partial charge in [0.2, 0.25) is 0 Å². The Morgan fingerprint density at radius 2 is 1.22 bits per heavy atom. The van der Waals surface area contributed by atoms with E-state index in [2.05, 4.69) is 158 Å². The SMILES string of the molecule is CCC1(C)c2ccccc2-c2ccc3oc4c(N(c5ccc(-c6ccccc6)cc5)c5ccc6oc7ccccc7c6c5)cccc4c3c21. The first kappa shape index (κ1) is 28.0. The van der Waals surface area contributed by atoms with Crippen LogP contribution in [0.2, 0.25) is 0 Å². The van der Waals surface area contributed by atoms with Crippen molar-refractivity contribution in [3.05, 3.63) is 163 Å². The summed E-state index contributed by atoms with van der Waals surface area (Å²) in [5.74, 6) is 0. The van der Waals surface area contributed by atoms with E-state index in [1.807, 2.05) is 12.1 Å². The smallest absolute Gasteiger partial charge is 0.159 e. The molecule has 0 saturated heterocycles. The first-order valence-electron chi connectivity index (χ1n) is 17.1. The van der Waals surface area contributed by atoms with Crippen LogP contribution in [-0.2, 0) is 5.41 Å². The van der Waals surface area contributed by atoms with Gasteiger partial charge in [0, 0.05) is 38.3 Å². The van der Waals surface area contributed by atoms with Gasteiger partial charge >= 0.3 is 0 Å². The first-order valence-corrected chi connectivity index (χ1v) is 17.1. The lowest BCUT2D eigenvalue weighted by atomic mass is 9.76. The second-order valence-corrected chi connectivity index (χ2v) is 13.4. The molecule has 0 amide bonds. The van der Waals surface area contributed by atoms with Crippen LogP contribution in [0.15, 0.2) is 160 Å². The number of fused-ring (bicyclic) bond motifs is 10. The lowest BCUT2D eigenvalue weighted by Crippen LogP contribution is -2.19. The molecule has 0 N–H and O–H groups in total. The lowest BCUT2D eigenvalue weighted by molar-refractivity contribution is 0.568. The van der Waals surface area contributed by atoms with Gasteiger partial charge in [0.1, 0.15) is 16.7 Å². The fourth-order valence-corrected chi connectivity index (χ4v) is 8.26. The van der Waals surface area contributed by atoms with Crippen LogP contribution in [0.25, 0.3) is 66.1 Å². The van der Waals surface area contributed by atoms with Gasteiger partial charge in [-0.05, 0) is 88.3 Å². The minimum absolute atomic E-state index is 0.113. The molecule has 0 spiro atoms. The van der Waals surface area contributed by atoms with Crippen molar-refractivity contribution in [3.8, 4) is 22.3 Å². The highest BCUT2D eigenvalue weighted by Crippen LogP contribution is 2.55. The Morgan fingerprint density at radius 1 is 0.531 bits per heavy atom. The minimum atomic E-state index is -0.113. The number of furan rings is 2. The van der Waals surface area contributed by atoms with Crippen molar-refractivity contribution in [1.82, 2.24) is 0 Å². The molecule has 2 aromatic heterocycles. The van der Waals surface area contributed by atoms with Crippen LogP contribution in [-0.4, -0.2) is 0 Å². The van der Waals surface area contributed by atoms with E-state index in [0.717, 1.165) is 62.0 Å². The third-order valence-corrected chi connectivity index (χ3v) is 10.8. The van der Waals surface area contributed by atoms with Crippen LogP contribution < -0.4 is 4.90 Å². The van der Waals surface area contributed by atoms with Crippen molar-refractivity contribution in [1.29, 1.82) is 0 Å². The zero-order chi connectivity index (χ0) is 32.7. The van der Waals surface area contributed by atoms with Crippen molar-refractivity contribution in [2.45, 2.75) is 25.7 Å². The van der Waals surface area contributed by atoms with Crippen molar-refractivity contribution < 1.29 is 8.83 Å². The van der Waals surface area contributed by atoms with Gasteiger partial charge in [-0.2, -0.15) is 0 Å². The average molecular weight is 632 g/mol. The molecule has 234 valence electrons. The van der Waals surface area contributed by atoms with Crippen LogP contribution in [0.1, 0.15) is 31.4 Å². The molecule has 0 radical (unpaired) electrons. The molecule has 9 aromatic rings. The van der Waals surface area contributed by atoms with Gasteiger partial charge in [-0.1, -0.05) is 117 Å². The predicted molar refractivity (Wildman–Crippen MR) is 203 cm³/mol. The number of rotatable bonds is 5. The molecule has 7 aromatic carbocycles. The van der Waals surface area contributed by atoms with Crippen molar-refractivity contribution in [2.24, 2.45) is 0 Å². The summed E-state index contributed by atoms with van der Waals surface area (Å²) in [4.78, 5) is 2.33. The van der Waals surface area contributed by atoms with E-state index in [1.165, 1.54) is 38.8 Å². The summed E-state index contributed by atoms with van der Waals surface area (Å²) in [6.07, 6.45) is 1.00. The molecule has 1 atom stereocenters. The fraction of sp³-hybridized carbons (Fsp3) is 0.0870. The quantitative estimate of drug-likeness (QED) is 0.189. The monoisotopic (exact) mass is 631 g/mol. The third-order valence-electron chi connectivity index (χ3n) is 10.8. The highest BCUT2D eigenvalue weighted by atomic mass is 16.3. The summed E-state index contributed by atoms with van der Waals surface area (Å²) in [5, 5.41) is 4.54. The second kappa shape index (κ2) is 10.5. The van der Waals surface area contributed by atoms with Crippen molar-refractivity contribution in [3.63, 3.8) is 0 Å². The van der Waals surface area contributed by atoms with Crippen molar-refractivity contribution >= 4 is 60.9 Å². The summed E-state index contributed by atoms with van der Waals surface area (Å²) in [7, 11) is 0. The Balaban J connectivity index is 1.22. The van der Waals surface area contributed by atoms with E-state index in [0.29, 0.717) is 0 Å². The summed E-state index contributed by atoms with van der Waals surface area (Å²) in [6.45, 7) is 4.69. The molecule has 0 aliphatic heterocycles. The fourth-order valence-electron chi connectivity index (χ4n) is 8.26. The van der Waals surface area contributed by atoms with Gasteiger partial charge in [-0.15, -0.1) is 0 Å². The zero-order valence-corrected chi connectivity index (χ0v) is 27.4. The number of hydrogen-bond donors (Lipinski definition) is 0. The molecule has 3 nitrogen and oxygen atoms in total. The second-order valence-electron chi connectivity index (χ2n) is 13.4. The van der Waals surface area contributed by atoms with Crippen LogP contribution in [0.5, 0.6) is 0 Å². The van der Waals surface area contributed by atoms with Crippen LogP contribution >= 0.6 is 0 Å². The summed E-state index contributed by atoms with van der Waals surface area (Å²) in [6, 6.07) is 54.0. The van der Waals surface area contributed by atoms with E-state index < -0.39 is 0 Å². The molecule has 49 heavy (non-hydrogen) atoms. The Hall–Kier alpha value is -6.06. The maximum absolute atomic E-state index is 6.95. The van der Waals surface area contributed by atoms with E-state index in [-0.39, 0.29) is 5.41 Å². The normalized spacial score (nSPS) is 15.3. The molecule has 0 fully saturated rings. The molecule has 3 heteroatoms. The molecule has 1 unspecified atom stereocenters. The Bertz CT molecular complexity index is 2720. The van der Waals surface area contributed by atoms with Gasteiger partial charge in [-0.25, -0.2) is 0 Å². The Labute approximate surface area is 284 Å².